The van der Waals surface area contributed by atoms with Crippen LogP contribution >= 0.6 is 11.3 Å². The molecule has 2 amide bonds. The lowest BCUT2D eigenvalue weighted by molar-refractivity contribution is -0.157. The fourth-order valence-electron chi connectivity index (χ4n) is 5.69. The molecule has 2 aromatic heterocycles. The van der Waals surface area contributed by atoms with Crippen LogP contribution in [0.3, 0.4) is 0 Å². The number of aliphatic hydroxyl groups excluding tert-OH is 1. The number of amides is 2. The van der Waals surface area contributed by atoms with Crippen LogP contribution < -0.4 is 10.1 Å². The lowest BCUT2D eigenvalue weighted by Crippen LogP contribution is -2.59. The summed E-state index contributed by atoms with van der Waals surface area (Å²) in [6.45, 7) is 9.70. The SMILES string of the molecule is CCCCCCCOc1ccc(-c2cnc(-c3ccc(CC(NC(=O)c4ccc(C(C)(C)C)s4)C(=O)N4CC(C(O)O)C4)cc3)nc2)cc1. The molecule has 1 unspecified atom stereocenters. The van der Waals surface area contributed by atoms with Crippen LogP contribution in [-0.2, 0) is 16.6 Å². The maximum absolute atomic E-state index is 13.5. The largest absolute Gasteiger partial charge is 0.494 e. The maximum Gasteiger partial charge on any atom is 0.262 e. The molecule has 0 bridgehead atoms. The molecular formula is C39H48N4O5S. The Balaban J connectivity index is 1.21. The van der Waals surface area contributed by atoms with Gasteiger partial charge in [-0.2, -0.15) is 0 Å². The van der Waals surface area contributed by atoms with Crippen molar-refractivity contribution in [2.45, 2.75) is 84.0 Å². The summed E-state index contributed by atoms with van der Waals surface area (Å²) in [4.78, 5) is 39.2. The van der Waals surface area contributed by atoms with Crippen LogP contribution in [0, 0.1) is 5.92 Å². The first-order valence-electron chi connectivity index (χ1n) is 17.2. The summed E-state index contributed by atoms with van der Waals surface area (Å²) in [7, 11) is 0. The van der Waals surface area contributed by atoms with Gasteiger partial charge in [-0.25, -0.2) is 9.97 Å². The second kappa shape index (κ2) is 16.5. The molecule has 5 rings (SSSR count). The molecule has 2 aromatic carbocycles. The number of likely N-dealkylation sites (tertiary alicyclic amines) is 1. The quantitative estimate of drug-likeness (QED) is 0.0949. The predicted octanol–water partition coefficient (Wildman–Crippen LogP) is 6.63. The third-order valence-corrected chi connectivity index (χ3v) is 10.3. The van der Waals surface area contributed by atoms with E-state index in [1.54, 1.807) is 11.0 Å². The number of rotatable bonds is 15. The van der Waals surface area contributed by atoms with Gasteiger partial charge in [-0.1, -0.05) is 89.8 Å². The number of carbonyl (C=O) groups is 2. The van der Waals surface area contributed by atoms with Crippen molar-refractivity contribution < 1.29 is 24.5 Å². The summed E-state index contributed by atoms with van der Waals surface area (Å²) in [5.41, 5.74) is 3.53. The molecule has 0 spiro atoms. The van der Waals surface area contributed by atoms with Crippen molar-refractivity contribution in [3.05, 3.63) is 88.4 Å². The van der Waals surface area contributed by atoms with Gasteiger partial charge >= 0.3 is 0 Å². The van der Waals surface area contributed by atoms with Crippen LogP contribution in [0.5, 0.6) is 5.75 Å². The fraction of sp³-hybridized carbons (Fsp3) is 0.436. The van der Waals surface area contributed by atoms with E-state index < -0.39 is 12.3 Å². The van der Waals surface area contributed by atoms with E-state index in [0.29, 0.717) is 10.7 Å². The van der Waals surface area contributed by atoms with Crippen LogP contribution in [0.15, 0.2) is 73.1 Å². The highest BCUT2D eigenvalue weighted by Gasteiger charge is 2.38. The summed E-state index contributed by atoms with van der Waals surface area (Å²) in [6.07, 6.45) is 8.46. The molecule has 1 atom stereocenters. The van der Waals surface area contributed by atoms with Crippen LogP contribution in [0.1, 0.15) is 79.9 Å². The molecule has 49 heavy (non-hydrogen) atoms. The van der Waals surface area contributed by atoms with E-state index in [4.69, 9.17) is 4.74 Å². The Morgan fingerprint density at radius 1 is 0.898 bits per heavy atom. The first-order valence-corrected chi connectivity index (χ1v) is 18.0. The van der Waals surface area contributed by atoms with Gasteiger partial charge in [-0.15, -0.1) is 11.3 Å². The van der Waals surface area contributed by atoms with Crippen molar-refractivity contribution in [3.63, 3.8) is 0 Å². The fourth-order valence-corrected chi connectivity index (χ4v) is 6.65. The van der Waals surface area contributed by atoms with E-state index in [0.717, 1.165) is 45.9 Å². The van der Waals surface area contributed by atoms with Crippen LogP contribution in [0.2, 0.25) is 0 Å². The minimum absolute atomic E-state index is 0.0876. The van der Waals surface area contributed by atoms with Crippen molar-refractivity contribution in [2.24, 2.45) is 5.92 Å². The van der Waals surface area contributed by atoms with Crippen LogP contribution in [-0.4, -0.2) is 68.9 Å². The number of aliphatic hydroxyl groups is 2. The van der Waals surface area contributed by atoms with E-state index in [9.17, 15) is 19.8 Å². The average Bonchev–Trinajstić information content (AvgIpc) is 3.58. The van der Waals surface area contributed by atoms with Gasteiger partial charge in [0.05, 0.1) is 11.5 Å². The molecule has 0 saturated carbocycles. The van der Waals surface area contributed by atoms with E-state index in [1.807, 2.05) is 67.0 Å². The molecule has 0 aliphatic carbocycles. The van der Waals surface area contributed by atoms with Gasteiger partial charge in [0.15, 0.2) is 12.1 Å². The molecule has 10 heteroatoms. The van der Waals surface area contributed by atoms with Crippen molar-refractivity contribution in [1.82, 2.24) is 20.2 Å². The Morgan fingerprint density at radius 3 is 2.16 bits per heavy atom. The van der Waals surface area contributed by atoms with E-state index in [2.05, 4.69) is 43.0 Å². The first-order chi connectivity index (χ1) is 23.5. The summed E-state index contributed by atoms with van der Waals surface area (Å²) in [5, 5.41) is 21.9. The number of benzene rings is 2. The molecule has 260 valence electrons. The summed E-state index contributed by atoms with van der Waals surface area (Å²) in [6, 6.07) is 18.6. The molecular weight excluding hydrogens is 637 g/mol. The Hall–Kier alpha value is -4.12. The second-order valence-corrected chi connectivity index (χ2v) is 14.9. The number of aromatic nitrogens is 2. The van der Waals surface area contributed by atoms with Gasteiger partial charge in [0.1, 0.15) is 11.8 Å². The van der Waals surface area contributed by atoms with E-state index >= 15 is 0 Å². The van der Waals surface area contributed by atoms with Crippen molar-refractivity contribution in [3.8, 4) is 28.3 Å². The van der Waals surface area contributed by atoms with Gasteiger partial charge in [0, 0.05) is 53.8 Å². The Bertz CT molecular complexity index is 1660. The molecule has 1 fully saturated rings. The predicted molar refractivity (Wildman–Crippen MR) is 193 cm³/mol. The van der Waals surface area contributed by atoms with Gasteiger partial charge in [-0.3, -0.25) is 9.59 Å². The topological polar surface area (TPSA) is 125 Å². The number of carbonyl (C=O) groups excluding carboxylic acids is 2. The lowest BCUT2D eigenvalue weighted by Gasteiger charge is -2.41. The second-order valence-electron chi connectivity index (χ2n) is 13.8. The number of hydrogen-bond donors (Lipinski definition) is 3. The molecule has 3 heterocycles. The lowest BCUT2D eigenvalue weighted by atomic mass is 9.95. The van der Waals surface area contributed by atoms with Crippen LogP contribution in [0.4, 0.5) is 0 Å². The Morgan fingerprint density at radius 2 is 1.55 bits per heavy atom. The average molecular weight is 685 g/mol. The Labute approximate surface area is 293 Å². The monoisotopic (exact) mass is 684 g/mol. The molecule has 1 aliphatic heterocycles. The highest BCUT2D eigenvalue weighted by molar-refractivity contribution is 7.14. The number of unbranched alkanes of at least 4 members (excludes halogenated alkanes) is 4. The summed E-state index contributed by atoms with van der Waals surface area (Å²) >= 11 is 1.42. The number of thiophene rings is 1. The summed E-state index contributed by atoms with van der Waals surface area (Å²) < 4.78 is 5.89. The number of ether oxygens (including phenoxy) is 1. The van der Waals surface area contributed by atoms with Gasteiger partial charge in [-0.05, 0) is 47.2 Å². The van der Waals surface area contributed by atoms with Gasteiger partial charge in [0.2, 0.25) is 5.91 Å². The third-order valence-electron chi connectivity index (χ3n) is 8.82. The van der Waals surface area contributed by atoms with Crippen LogP contribution in [0.25, 0.3) is 22.5 Å². The van der Waals surface area contributed by atoms with E-state index in [-0.39, 0.29) is 42.7 Å². The summed E-state index contributed by atoms with van der Waals surface area (Å²) in [5.74, 6) is 0.507. The zero-order chi connectivity index (χ0) is 35.0. The highest BCUT2D eigenvalue weighted by atomic mass is 32.1. The van der Waals surface area contributed by atoms with Gasteiger partial charge < -0.3 is 25.2 Å². The number of nitrogens with zero attached hydrogens (tertiary/aromatic N) is 3. The molecule has 3 N–H and O–H groups in total. The minimum atomic E-state index is -1.47. The number of hydrogen-bond acceptors (Lipinski definition) is 8. The molecule has 1 saturated heterocycles. The maximum atomic E-state index is 13.5. The van der Waals surface area contributed by atoms with Crippen molar-refractivity contribution in [1.29, 1.82) is 0 Å². The molecule has 1 aliphatic rings. The van der Waals surface area contributed by atoms with Gasteiger partial charge in [0.25, 0.3) is 5.91 Å². The third kappa shape index (κ3) is 9.74. The normalized spacial score (nSPS) is 14.1. The zero-order valence-electron chi connectivity index (χ0n) is 28.9. The zero-order valence-corrected chi connectivity index (χ0v) is 29.7. The highest BCUT2D eigenvalue weighted by Crippen LogP contribution is 2.30. The van der Waals surface area contributed by atoms with E-state index in [1.165, 1.54) is 37.0 Å². The Kier molecular flexibility index (Phi) is 12.2. The minimum Gasteiger partial charge on any atom is -0.494 e. The number of nitrogens with one attached hydrogen (secondary N) is 1. The van der Waals surface area contributed by atoms with Crippen molar-refractivity contribution in [2.75, 3.05) is 19.7 Å². The smallest absolute Gasteiger partial charge is 0.262 e. The standard InChI is InChI=1S/C39H48N4O5S/c1-5-6-7-8-9-20-48-31-16-14-27(15-17-31)29-22-40-35(41-23-29)28-12-10-26(11-13-28)21-32(37(45)43-24-30(25-43)38(46)47)42-36(44)33-18-19-34(49-33)39(2,3)4/h10-19,22-23,30,32,38,46-47H,5-9,20-21,24-25H2,1-4H3,(H,42,44). The first kappa shape index (κ1) is 36.2. The van der Waals surface area contributed by atoms with Crippen molar-refractivity contribution >= 4 is 23.2 Å². The molecule has 9 nitrogen and oxygen atoms in total. The molecule has 0 radical (unpaired) electrons. The molecule has 4 aromatic rings.